The Bertz CT molecular complexity index is 1920. The number of carbonyl (C=O) groups is 1. The number of ether oxygens (including phenoxy) is 2. The quantitative estimate of drug-likeness (QED) is 0.141. The van der Waals surface area contributed by atoms with Crippen molar-refractivity contribution in [3.8, 4) is 0 Å². The number of rotatable bonds is 14. The van der Waals surface area contributed by atoms with Crippen LogP contribution in [0.25, 0.3) is 0 Å². The van der Waals surface area contributed by atoms with Crippen LogP contribution in [0.1, 0.15) is 72.3 Å². The molecule has 3 aliphatic heterocycles. The van der Waals surface area contributed by atoms with Crippen molar-refractivity contribution in [1.82, 2.24) is 14.5 Å². The maximum Gasteiger partial charge on any atom is 0.242 e. The van der Waals surface area contributed by atoms with Crippen LogP contribution in [0.3, 0.4) is 0 Å². The normalized spacial score (nSPS) is 23.0. The second-order valence-electron chi connectivity index (χ2n) is 14.9. The first-order valence-corrected chi connectivity index (χ1v) is 20.7. The molecule has 0 aromatic heterocycles. The van der Waals surface area contributed by atoms with Crippen LogP contribution >= 0.6 is 0 Å². The summed E-state index contributed by atoms with van der Waals surface area (Å²) in [5.74, 6) is -0.465. The standard InChI is InChI=1S/C43H52N4O6S/c1-31-11-21-39(22-12-31)54(50,51)45-40(26-32-8-3-2-4-9-32)42(49)44-36-19-17-35(18-20-36)43-52-38(27-41(53-43)34-15-13-33(30-48)14-16-34)29-47-25-7-10-37(47)28-46-23-5-6-24-46/h2-4,8-9,11-22,37-38,40-41,43,45,48H,5-7,10,23-30H2,1H3,(H,44,49)/t37-,38+,40+,41-,43-/m0/s1. The van der Waals surface area contributed by atoms with Crippen molar-refractivity contribution in [2.75, 3.05) is 38.0 Å². The Labute approximate surface area is 319 Å². The van der Waals surface area contributed by atoms with Crippen molar-refractivity contribution in [2.45, 2.75) is 87.5 Å². The minimum absolute atomic E-state index is 0.0119. The van der Waals surface area contributed by atoms with E-state index in [2.05, 4.69) is 19.8 Å². The first-order chi connectivity index (χ1) is 26.2. The largest absolute Gasteiger partial charge is 0.392 e. The van der Waals surface area contributed by atoms with Gasteiger partial charge in [0.2, 0.25) is 15.9 Å². The number of benzene rings is 4. The summed E-state index contributed by atoms with van der Waals surface area (Å²) in [5, 5.41) is 12.6. The Kier molecular flexibility index (Phi) is 12.6. The van der Waals surface area contributed by atoms with Crippen molar-refractivity contribution < 1.29 is 27.8 Å². The maximum atomic E-state index is 13.7. The Hall–Kier alpha value is -3.94. The van der Waals surface area contributed by atoms with Gasteiger partial charge in [-0.05, 0) is 99.6 Å². The van der Waals surface area contributed by atoms with Crippen LogP contribution in [0.5, 0.6) is 0 Å². The highest BCUT2D eigenvalue weighted by Crippen LogP contribution is 2.39. The zero-order valence-electron chi connectivity index (χ0n) is 31.0. The van der Waals surface area contributed by atoms with Crippen LogP contribution in [0.2, 0.25) is 0 Å². The molecular weight excluding hydrogens is 701 g/mol. The van der Waals surface area contributed by atoms with Gasteiger partial charge in [-0.15, -0.1) is 0 Å². The van der Waals surface area contributed by atoms with Gasteiger partial charge in [0.25, 0.3) is 0 Å². The fourth-order valence-corrected chi connectivity index (χ4v) is 9.06. The molecule has 3 aliphatic rings. The second kappa shape index (κ2) is 17.7. The molecule has 0 radical (unpaired) electrons. The summed E-state index contributed by atoms with van der Waals surface area (Å²) in [6.07, 6.45) is 5.02. The molecule has 7 rings (SSSR count). The lowest BCUT2D eigenvalue weighted by atomic mass is 9.99. The number of nitrogens with one attached hydrogen (secondary N) is 2. The third-order valence-electron chi connectivity index (χ3n) is 10.9. The molecule has 54 heavy (non-hydrogen) atoms. The van der Waals surface area contributed by atoms with Gasteiger partial charge in [0.05, 0.1) is 23.7 Å². The average Bonchev–Trinajstić information content (AvgIpc) is 3.87. The molecule has 0 bridgehead atoms. The van der Waals surface area contributed by atoms with E-state index in [9.17, 15) is 18.3 Å². The smallest absolute Gasteiger partial charge is 0.242 e. The van der Waals surface area contributed by atoms with Crippen molar-refractivity contribution in [2.24, 2.45) is 0 Å². The van der Waals surface area contributed by atoms with Gasteiger partial charge in [0.1, 0.15) is 6.04 Å². The predicted octanol–water partition coefficient (Wildman–Crippen LogP) is 6.12. The zero-order chi connectivity index (χ0) is 37.5. The number of amides is 1. The highest BCUT2D eigenvalue weighted by Gasteiger charge is 2.36. The van der Waals surface area contributed by atoms with Gasteiger partial charge >= 0.3 is 0 Å². The summed E-state index contributed by atoms with van der Waals surface area (Å²) in [4.78, 5) is 19.1. The van der Waals surface area contributed by atoms with Crippen molar-refractivity contribution >= 4 is 21.6 Å². The molecule has 11 heteroatoms. The SMILES string of the molecule is Cc1ccc(S(=O)(=O)N[C@H](Cc2ccccc2)C(=O)Nc2ccc([C@H]3O[C@@H](CN4CCC[C@H]4CN4CCCC4)C[C@@H](c4ccc(CO)cc4)O3)cc2)cc1. The zero-order valence-corrected chi connectivity index (χ0v) is 31.8. The molecule has 3 heterocycles. The van der Waals surface area contributed by atoms with E-state index in [-0.39, 0.29) is 30.1 Å². The van der Waals surface area contributed by atoms with Crippen LogP contribution in [0.4, 0.5) is 5.69 Å². The number of hydrogen-bond acceptors (Lipinski definition) is 8. The van der Waals surface area contributed by atoms with Gasteiger partial charge in [-0.2, -0.15) is 4.72 Å². The molecule has 0 aliphatic carbocycles. The Morgan fingerprint density at radius 1 is 0.815 bits per heavy atom. The number of hydrogen-bond donors (Lipinski definition) is 3. The lowest BCUT2D eigenvalue weighted by Crippen LogP contribution is -2.45. The molecular formula is C43H52N4O6S. The predicted molar refractivity (Wildman–Crippen MR) is 209 cm³/mol. The van der Waals surface area contributed by atoms with Gasteiger partial charge in [-0.1, -0.05) is 84.4 Å². The molecule has 4 aromatic carbocycles. The first kappa shape index (κ1) is 38.3. The minimum Gasteiger partial charge on any atom is -0.392 e. The van der Waals surface area contributed by atoms with Crippen molar-refractivity contribution in [3.05, 3.63) is 131 Å². The number of carbonyl (C=O) groups excluding carboxylic acids is 1. The van der Waals surface area contributed by atoms with E-state index >= 15 is 0 Å². The van der Waals surface area contributed by atoms with E-state index in [0.29, 0.717) is 11.7 Å². The lowest BCUT2D eigenvalue weighted by Gasteiger charge is -2.39. The first-order valence-electron chi connectivity index (χ1n) is 19.2. The van der Waals surface area contributed by atoms with Crippen LogP contribution in [-0.2, 0) is 37.3 Å². The van der Waals surface area contributed by atoms with Crippen LogP contribution in [0, 0.1) is 6.92 Å². The summed E-state index contributed by atoms with van der Waals surface area (Å²) >= 11 is 0. The minimum atomic E-state index is -3.97. The third-order valence-corrected chi connectivity index (χ3v) is 12.4. The molecule has 3 fully saturated rings. The molecule has 286 valence electrons. The average molecular weight is 753 g/mol. The molecule has 3 N–H and O–H groups in total. The van der Waals surface area contributed by atoms with Gasteiger partial charge in [-0.3, -0.25) is 9.69 Å². The van der Waals surface area contributed by atoms with E-state index in [1.54, 1.807) is 36.4 Å². The summed E-state index contributed by atoms with van der Waals surface area (Å²) < 4.78 is 42.7. The fraction of sp³-hybridized carbons (Fsp3) is 0.419. The van der Waals surface area contributed by atoms with E-state index in [0.717, 1.165) is 53.9 Å². The Morgan fingerprint density at radius 3 is 2.22 bits per heavy atom. The van der Waals surface area contributed by atoms with E-state index in [4.69, 9.17) is 9.47 Å². The molecule has 0 unspecified atom stereocenters. The number of aliphatic hydroxyl groups excluding tert-OH is 1. The summed E-state index contributed by atoms with van der Waals surface area (Å²) in [6, 6.07) is 30.7. The Morgan fingerprint density at radius 2 is 1.52 bits per heavy atom. The van der Waals surface area contributed by atoms with Crippen LogP contribution < -0.4 is 10.0 Å². The molecule has 3 saturated heterocycles. The molecule has 10 nitrogen and oxygen atoms in total. The maximum absolute atomic E-state index is 13.7. The number of sulfonamides is 1. The second-order valence-corrected chi connectivity index (χ2v) is 16.7. The molecule has 5 atom stereocenters. The van der Waals surface area contributed by atoms with Gasteiger partial charge in [0.15, 0.2) is 6.29 Å². The number of likely N-dealkylation sites (tertiary alicyclic amines) is 2. The summed E-state index contributed by atoms with van der Waals surface area (Å²) in [5.41, 5.74) is 5.02. The molecule has 4 aromatic rings. The number of anilines is 1. The van der Waals surface area contributed by atoms with Crippen molar-refractivity contribution in [1.29, 1.82) is 0 Å². The molecule has 0 spiro atoms. The summed E-state index contributed by atoms with van der Waals surface area (Å²) in [6.45, 7) is 7.28. The number of aliphatic hydroxyl groups is 1. The van der Waals surface area contributed by atoms with E-state index < -0.39 is 28.3 Å². The van der Waals surface area contributed by atoms with Crippen molar-refractivity contribution in [3.63, 3.8) is 0 Å². The van der Waals surface area contributed by atoms with Gasteiger partial charge < -0.3 is 24.8 Å². The number of nitrogens with zero attached hydrogens (tertiary/aromatic N) is 2. The van der Waals surface area contributed by atoms with E-state index in [1.807, 2.05) is 73.7 Å². The highest BCUT2D eigenvalue weighted by atomic mass is 32.2. The monoisotopic (exact) mass is 752 g/mol. The van der Waals surface area contributed by atoms with Crippen LogP contribution in [-0.4, -0.2) is 80.1 Å². The van der Waals surface area contributed by atoms with Gasteiger partial charge in [-0.25, -0.2) is 8.42 Å². The van der Waals surface area contributed by atoms with E-state index in [1.165, 1.54) is 38.8 Å². The topological polar surface area (TPSA) is 120 Å². The highest BCUT2D eigenvalue weighted by molar-refractivity contribution is 7.89. The molecule has 1 amide bonds. The fourth-order valence-electron chi connectivity index (χ4n) is 7.86. The summed E-state index contributed by atoms with van der Waals surface area (Å²) in [7, 11) is -3.97. The lowest BCUT2D eigenvalue weighted by molar-refractivity contribution is -0.253. The molecule has 0 saturated carbocycles. The number of aryl methyl sites for hydroxylation is 1. The van der Waals surface area contributed by atoms with Gasteiger partial charge in [0, 0.05) is 36.8 Å². The van der Waals surface area contributed by atoms with Crippen LogP contribution in [0.15, 0.2) is 108 Å². The third kappa shape index (κ3) is 9.83. The Balaban J connectivity index is 1.06.